The van der Waals surface area contributed by atoms with Crippen molar-refractivity contribution in [1.82, 2.24) is 0 Å². The Labute approximate surface area is 88.9 Å². The summed E-state index contributed by atoms with van der Waals surface area (Å²) in [4.78, 5) is 14.9. The third-order valence-electron chi connectivity index (χ3n) is 2.26. The summed E-state index contributed by atoms with van der Waals surface area (Å²) >= 11 is 0. The molecule has 0 saturated carbocycles. The van der Waals surface area contributed by atoms with Gasteiger partial charge in [0.25, 0.3) is 0 Å². The lowest BCUT2D eigenvalue weighted by Gasteiger charge is -2.04. The van der Waals surface area contributed by atoms with Crippen LogP contribution in [-0.2, 0) is 16.1 Å². The Kier molecular flexibility index (Phi) is 4.06. The SMILES string of the molecule is CC=C(C(=O)OO)c1ccc(CC)cc1. The molecule has 80 valence electrons. The first kappa shape index (κ1) is 11.5. The fraction of sp³-hybridized carbons (Fsp3) is 0.250. The van der Waals surface area contributed by atoms with Gasteiger partial charge in [0, 0.05) is 0 Å². The van der Waals surface area contributed by atoms with E-state index in [1.54, 1.807) is 13.0 Å². The van der Waals surface area contributed by atoms with Gasteiger partial charge in [-0.05, 0) is 24.5 Å². The molecule has 0 bridgehead atoms. The largest absolute Gasteiger partial charge is 0.373 e. The summed E-state index contributed by atoms with van der Waals surface area (Å²) in [6, 6.07) is 7.57. The van der Waals surface area contributed by atoms with E-state index < -0.39 is 5.97 Å². The van der Waals surface area contributed by atoms with Crippen LogP contribution < -0.4 is 0 Å². The Morgan fingerprint density at radius 1 is 1.40 bits per heavy atom. The van der Waals surface area contributed by atoms with E-state index in [1.807, 2.05) is 24.3 Å². The smallest absolute Gasteiger partial charge is 0.295 e. The summed E-state index contributed by atoms with van der Waals surface area (Å²) in [5.41, 5.74) is 2.31. The van der Waals surface area contributed by atoms with Gasteiger partial charge < -0.3 is 0 Å². The predicted octanol–water partition coefficient (Wildman–Crippen LogP) is 2.67. The minimum absolute atomic E-state index is 0.361. The Morgan fingerprint density at radius 3 is 2.40 bits per heavy atom. The summed E-state index contributed by atoms with van der Waals surface area (Å²) in [6.45, 7) is 3.79. The molecule has 0 atom stereocenters. The molecular weight excluding hydrogens is 192 g/mol. The number of aryl methyl sites for hydroxylation is 1. The third-order valence-corrected chi connectivity index (χ3v) is 2.26. The van der Waals surface area contributed by atoms with Gasteiger partial charge in [0.05, 0.1) is 5.57 Å². The minimum atomic E-state index is -0.734. The molecule has 0 unspecified atom stereocenters. The van der Waals surface area contributed by atoms with Crippen molar-refractivity contribution >= 4 is 11.5 Å². The molecule has 0 aromatic heterocycles. The van der Waals surface area contributed by atoms with Crippen molar-refractivity contribution in [2.24, 2.45) is 0 Å². The van der Waals surface area contributed by atoms with Gasteiger partial charge in [-0.2, -0.15) is 5.26 Å². The Bertz CT molecular complexity index is 363. The Morgan fingerprint density at radius 2 is 2.00 bits per heavy atom. The fourth-order valence-electron chi connectivity index (χ4n) is 1.37. The van der Waals surface area contributed by atoms with Crippen LogP contribution in [-0.4, -0.2) is 11.2 Å². The maximum atomic E-state index is 11.2. The standard InChI is InChI=1S/C12H14O3/c1-3-9-5-7-10(8-6-9)11(4-2)12(13)15-14/h4-8,14H,3H2,1-2H3. The summed E-state index contributed by atoms with van der Waals surface area (Å²) in [7, 11) is 0. The van der Waals surface area contributed by atoms with E-state index in [0.717, 1.165) is 12.0 Å². The van der Waals surface area contributed by atoms with Crippen LogP contribution in [0.3, 0.4) is 0 Å². The maximum Gasteiger partial charge on any atom is 0.373 e. The van der Waals surface area contributed by atoms with Crippen molar-refractivity contribution in [2.75, 3.05) is 0 Å². The number of carbonyl (C=O) groups is 1. The lowest BCUT2D eigenvalue weighted by Crippen LogP contribution is -2.04. The molecular formula is C12H14O3. The lowest BCUT2D eigenvalue weighted by molar-refractivity contribution is -0.226. The second kappa shape index (κ2) is 5.32. The van der Waals surface area contributed by atoms with Gasteiger partial charge in [0.2, 0.25) is 0 Å². The van der Waals surface area contributed by atoms with Gasteiger partial charge in [-0.3, -0.25) is 4.89 Å². The molecule has 15 heavy (non-hydrogen) atoms. The van der Waals surface area contributed by atoms with Crippen LogP contribution in [0.15, 0.2) is 30.3 Å². The zero-order valence-corrected chi connectivity index (χ0v) is 8.86. The predicted molar refractivity (Wildman–Crippen MR) is 58.2 cm³/mol. The van der Waals surface area contributed by atoms with Crippen molar-refractivity contribution in [3.05, 3.63) is 41.5 Å². The van der Waals surface area contributed by atoms with Gasteiger partial charge in [-0.25, -0.2) is 4.79 Å². The highest BCUT2D eigenvalue weighted by Crippen LogP contribution is 2.16. The molecule has 0 radical (unpaired) electrons. The van der Waals surface area contributed by atoms with E-state index in [2.05, 4.69) is 11.8 Å². The molecule has 0 saturated heterocycles. The molecule has 0 aliphatic rings. The van der Waals surface area contributed by atoms with E-state index in [9.17, 15) is 4.79 Å². The first-order chi connectivity index (χ1) is 7.22. The first-order valence-electron chi connectivity index (χ1n) is 4.84. The quantitative estimate of drug-likeness (QED) is 0.470. The number of hydrogen-bond donors (Lipinski definition) is 1. The number of hydrogen-bond acceptors (Lipinski definition) is 3. The van der Waals surface area contributed by atoms with E-state index in [-0.39, 0.29) is 0 Å². The summed E-state index contributed by atoms with van der Waals surface area (Å²) < 4.78 is 0. The van der Waals surface area contributed by atoms with Crippen molar-refractivity contribution < 1.29 is 14.9 Å². The monoisotopic (exact) mass is 206 g/mol. The van der Waals surface area contributed by atoms with Crippen LogP contribution in [0.2, 0.25) is 0 Å². The number of benzene rings is 1. The molecule has 0 amide bonds. The molecule has 3 nitrogen and oxygen atoms in total. The van der Waals surface area contributed by atoms with E-state index >= 15 is 0 Å². The average Bonchev–Trinajstić information content (AvgIpc) is 2.30. The fourth-order valence-corrected chi connectivity index (χ4v) is 1.37. The molecule has 0 heterocycles. The molecule has 1 rings (SSSR count). The molecule has 0 aliphatic carbocycles. The zero-order valence-electron chi connectivity index (χ0n) is 8.86. The van der Waals surface area contributed by atoms with Crippen LogP contribution in [0, 0.1) is 0 Å². The van der Waals surface area contributed by atoms with Crippen LogP contribution in [0.1, 0.15) is 25.0 Å². The van der Waals surface area contributed by atoms with E-state index in [0.29, 0.717) is 5.57 Å². The number of rotatable bonds is 3. The van der Waals surface area contributed by atoms with Crippen molar-refractivity contribution in [1.29, 1.82) is 0 Å². The summed E-state index contributed by atoms with van der Waals surface area (Å²) in [5.74, 6) is -0.734. The van der Waals surface area contributed by atoms with Crippen molar-refractivity contribution in [3.8, 4) is 0 Å². The second-order valence-corrected chi connectivity index (χ2v) is 3.13. The second-order valence-electron chi connectivity index (χ2n) is 3.13. The van der Waals surface area contributed by atoms with Crippen LogP contribution in [0.4, 0.5) is 0 Å². The molecule has 1 aromatic carbocycles. The Balaban J connectivity index is 2.99. The van der Waals surface area contributed by atoms with Crippen LogP contribution in [0.25, 0.3) is 5.57 Å². The molecule has 1 N–H and O–H groups in total. The minimum Gasteiger partial charge on any atom is -0.295 e. The highest BCUT2D eigenvalue weighted by atomic mass is 17.1. The first-order valence-corrected chi connectivity index (χ1v) is 4.84. The van der Waals surface area contributed by atoms with Gasteiger partial charge >= 0.3 is 5.97 Å². The molecule has 1 aromatic rings. The molecule has 0 spiro atoms. The van der Waals surface area contributed by atoms with Gasteiger partial charge in [0.15, 0.2) is 0 Å². The number of allylic oxidation sites excluding steroid dienone is 1. The summed E-state index contributed by atoms with van der Waals surface area (Å²) in [6.07, 6.45) is 2.56. The van der Waals surface area contributed by atoms with Gasteiger partial charge in [0.1, 0.15) is 0 Å². The molecule has 0 aliphatic heterocycles. The van der Waals surface area contributed by atoms with Crippen molar-refractivity contribution in [3.63, 3.8) is 0 Å². The summed E-state index contributed by atoms with van der Waals surface area (Å²) in [5, 5.41) is 8.31. The highest BCUT2D eigenvalue weighted by Gasteiger charge is 2.11. The third kappa shape index (κ3) is 2.67. The maximum absolute atomic E-state index is 11.2. The lowest BCUT2D eigenvalue weighted by atomic mass is 10.0. The van der Waals surface area contributed by atoms with E-state index in [1.165, 1.54) is 5.56 Å². The molecule has 0 fully saturated rings. The Hall–Kier alpha value is -1.61. The van der Waals surface area contributed by atoms with Crippen molar-refractivity contribution in [2.45, 2.75) is 20.3 Å². The van der Waals surface area contributed by atoms with E-state index in [4.69, 9.17) is 5.26 Å². The van der Waals surface area contributed by atoms with Gasteiger partial charge in [-0.1, -0.05) is 37.3 Å². The van der Waals surface area contributed by atoms with Crippen LogP contribution >= 0.6 is 0 Å². The normalized spacial score (nSPS) is 11.3. The zero-order chi connectivity index (χ0) is 11.3. The van der Waals surface area contributed by atoms with Gasteiger partial charge in [-0.15, -0.1) is 0 Å². The average molecular weight is 206 g/mol. The molecule has 3 heteroatoms. The highest BCUT2D eigenvalue weighted by molar-refractivity contribution is 6.16. The topological polar surface area (TPSA) is 46.5 Å². The van der Waals surface area contributed by atoms with Crippen LogP contribution in [0.5, 0.6) is 0 Å². The number of carbonyl (C=O) groups excluding carboxylic acids is 1.